The number of aromatic nitrogens is 3. The molecule has 0 aliphatic heterocycles. The number of halogens is 1. The summed E-state index contributed by atoms with van der Waals surface area (Å²) in [6, 6.07) is 10.7. The van der Waals surface area contributed by atoms with Crippen LogP contribution in [0.5, 0.6) is 0 Å². The Morgan fingerprint density at radius 2 is 1.90 bits per heavy atom. The van der Waals surface area contributed by atoms with Gasteiger partial charge < -0.3 is 5.32 Å². The van der Waals surface area contributed by atoms with Crippen LogP contribution in [0, 0.1) is 0 Å². The largest absolute Gasteiger partial charge is 0.319 e. The molecule has 0 spiro atoms. The van der Waals surface area contributed by atoms with Crippen molar-refractivity contribution in [1.29, 1.82) is 0 Å². The molecule has 3 rings (SSSR count). The zero-order chi connectivity index (χ0) is 14.7. The molecular weight excluding hydrogens is 288 g/mol. The van der Waals surface area contributed by atoms with E-state index in [9.17, 15) is 4.79 Å². The van der Waals surface area contributed by atoms with Gasteiger partial charge in [0.2, 0.25) is 0 Å². The highest BCUT2D eigenvalue weighted by atomic mass is 35.5. The van der Waals surface area contributed by atoms with Crippen LogP contribution in [-0.2, 0) is 0 Å². The summed E-state index contributed by atoms with van der Waals surface area (Å²) < 4.78 is 1.62. The lowest BCUT2D eigenvalue weighted by Crippen LogP contribution is -2.11. The van der Waals surface area contributed by atoms with Crippen molar-refractivity contribution in [1.82, 2.24) is 14.8 Å². The van der Waals surface area contributed by atoms with Crippen LogP contribution in [0.15, 0.2) is 61.2 Å². The van der Waals surface area contributed by atoms with Crippen LogP contribution in [0.1, 0.15) is 10.4 Å². The fraction of sp³-hybridized carbons (Fsp3) is 0. The Morgan fingerprint density at radius 3 is 2.67 bits per heavy atom. The van der Waals surface area contributed by atoms with Gasteiger partial charge >= 0.3 is 0 Å². The monoisotopic (exact) mass is 298 g/mol. The molecule has 2 aromatic heterocycles. The topological polar surface area (TPSA) is 59.8 Å². The van der Waals surface area contributed by atoms with Gasteiger partial charge in [0, 0.05) is 18.0 Å². The van der Waals surface area contributed by atoms with Crippen LogP contribution in [-0.4, -0.2) is 20.7 Å². The highest BCUT2D eigenvalue weighted by Gasteiger charge is 2.08. The van der Waals surface area contributed by atoms with Gasteiger partial charge in [0.25, 0.3) is 5.91 Å². The van der Waals surface area contributed by atoms with Crippen LogP contribution in [0.4, 0.5) is 5.69 Å². The summed E-state index contributed by atoms with van der Waals surface area (Å²) in [5, 5.41) is 7.56. The summed E-state index contributed by atoms with van der Waals surface area (Å²) >= 11 is 6.11. The number of rotatable bonds is 3. The van der Waals surface area contributed by atoms with Crippen molar-refractivity contribution in [2.24, 2.45) is 0 Å². The maximum atomic E-state index is 12.0. The Balaban J connectivity index is 1.80. The number of benzene rings is 1. The quantitative estimate of drug-likeness (QED) is 0.808. The molecular formula is C15H11ClN4O. The molecule has 0 aliphatic rings. The molecule has 3 aromatic rings. The second-order valence-corrected chi connectivity index (χ2v) is 4.72. The average Bonchev–Trinajstić information content (AvgIpc) is 2.97. The van der Waals surface area contributed by atoms with Gasteiger partial charge in [0.05, 0.1) is 28.8 Å². The summed E-state index contributed by atoms with van der Waals surface area (Å²) in [6.45, 7) is 0. The minimum Gasteiger partial charge on any atom is -0.319 e. The number of nitrogens with zero attached hydrogens (tertiary/aromatic N) is 3. The maximum absolute atomic E-state index is 12.0. The van der Waals surface area contributed by atoms with E-state index in [0.717, 1.165) is 5.69 Å². The molecule has 5 nitrogen and oxygen atoms in total. The van der Waals surface area contributed by atoms with Crippen molar-refractivity contribution in [2.45, 2.75) is 0 Å². The molecule has 0 radical (unpaired) electrons. The number of amides is 1. The Bertz CT molecular complexity index is 770. The summed E-state index contributed by atoms with van der Waals surface area (Å²) in [7, 11) is 0. The van der Waals surface area contributed by atoms with Crippen molar-refractivity contribution in [3.8, 4) is 5.69 Å². The van der Waals surface area contributed by atoms with Gasteiger partial charge in [-0.05, 0) is 24.3 Å². The normalized spacial score (nSPS) is 10.3. The van der Waals surface area contributed by atoms with E-state index >= 15 is 0 Å². The van der Waals surface area contributed by atoms with Crippen molar-refractivity contribution in [2.75, 3.05) is 5.32 Å². The van der Waals surface area contributed by atoms with Gasteiger partial charge in [0.15, 0.2) is 0 Å². The molecule has 0 bridgehead atoms. The second-order valence-electron chi connectivity index (χ2n) is 4.32. The minimum absolute atomic E-state index is 0.212. The molecule has 6 heteroatoms. The molecule has 0 saturated heterocycles. The van der Waals surface area contributed by atoms with Gasteiger partial charge in [-0.2, -0.15) is 5.10 Å². The van der Waals surface area contributed by atoms with Crippen LogP contribution >= 0.6 is 11.6 Å². The first-order valence-corrected chi connectivity index (χ1v) is 6.63. The zero-order valence-electron chi connectivity index (χ0n) is 10.9. The molecule has 2 heterocycles. The fourth-order valence-corrected chi connectivity index (χ4v) is 2.09. The highest BCUT2D eigenvalue weighted by Crippen LogP contribution is 2.20. The number of pyridine rings is 1. The lowest BCUT2D eigenvalue weighted by Gasteiger charge is -2.03. The summed E-state index contributed by atoms with van der Waals surface area (Å²) in [4.78, 5) is 15.9. The van der Waals surface area contributed by atoms with Crippen LogP contribution < -0.4 is 5.32 Å². The first-order valence-electron chi connectivity index (χ1n) is 6.25. The molecule has 21 heavy (non-hydrogen) atoms. The predicted octanol–water partition coefficient (Wildman–Crippen LogP) is 3.17. The molecule has 0 unspecified atom stereocenters. The van der Waals surface area contributed by atoms with E-state index in [1.807, 2.05) is 18.2 Å². The van der Waals surface area contributed by atoms with Gasteiger partial charge in [-0.15, -0.1) is 0 Å². The van der Waals surface area contributed by atoms with Gasteiger partial charge in [-0.3, -0.25) is 9.78 Å². The Labute approximate surface area is 126 Å². The van der Waals surface area contributed by atoms with Crippen molar-refractivity contribution < 1.29 is 4.79 Å². The fourth-order valence-electron chi connectivity index (χ4n) is 1.86. The van der Waals surface area contributed by atoms with E-state index in [2.05, 4.69) is 15.4 Å². The number of anilines is 1. The standard InChI is InChI=1S/C15H11ClN4O/c16-13-3-1-2-4-14(13)20-10-12(9-18-20)19-15(21)11-5-7-17-8-6-11/h1-10H,(H,19,21). The Hall–Kier alpha value is -2.66. The van der Waals surface area contributed by atoms with Gasteiger partial charge in [0.1, 0.15) is 0 Å². The number of carbonyl (C=O) groups excluding carboxylic acids is 1. The van der Waals surface area contributed by atoms with E-state index < -0.39 is 0 Å². The highest BCUT2D eigenvalue weighted by molar-refractivity contribution is 6.32. The molecule has 104 valence electrons. The van der Waals surface area contributed by atoms with Crippen LogP contribution in [0.2, 0.25) is 5.02 Å². The Kier molecular flexibility index (Phi) is 3.66. The summed E-state index contributed by atoms with van der Waals surface area (Å²) in [6.07, 6.45) is 6.42. The van der Waals surface area contributed by atoms with Crippen LogP contribution in [0.25, 0.3) is 5.69 Å². The van der Waals surface area contributed by atoms with Gasteiger partial charge in [-0.25, -0.2) is 4.68 Å². The first-order chi connectivity index (χ1) is 10.2. The molecule has 1 amide bonds. The summed E-state index contributed by atoms with van der Waals surface area (Å²) in [5.41, 5.74) is 1.89. The minimum atomic E-state index is -0.212. The van der Waals surface area contributed by atoms with Crippen LogP contribution in [0.3, 0.4) is 0 Å². The third-order valence-electron chi connectivity index (χ3n) is 2.88. The van der Waals surface area contributed by atoms with Gasteiger partial charge in [-0.1, -0.05) is 23.7 Å². The molecule has 1 aromatic carbocycles. The number of para-hydroxylation sites is 1. The van der Waals surface area contributed by atoms with E-state index in [4.69, 9.17) is 11.6 Å². The molecule has 0 atom stereocenters. The van der Waals surface area contributed by atoms with Crippen molar-refractivity contribution >= 4 is 23.2 Å². The number of carbonyl (C=O) groups is 1. The maximum Gasteiger partial charge on any atom is 0.255 e. The average molecular weight is 299 g/mol. The number of hydrogen-bond donors (Lipinski definition) is 1. The second kappa shape index (κ2) is 5.76. The first kappa shape index (κ1) is 13.3. The van der Waals surface area contributed by atoms with Crippen molar-refractivity contribution in [3.63, 3.8) is 0 Å². The molecule has 1 N–H and O–H groups in total. The zero-order valence-corrected chi connectivity index (χ0v) is 11.7. The number of nitrogens with one attached hydrogen (secondary N) is 1. The lowest BCUT2D eigenvalue weighted by molar-refractivity contribution is 0.102. The van der Waals surface area contributed by atoms with E-state index in [1.54, 1.807) is 47.7 Å². The predicted molar refractivity (Wildman–Crippen MR) is 80.8 cm³/mol. The van der Waals surface area contributed by atoms with Crippen molar-refractivity contribution in [3.05, 3.63) is 71.8 Å². The smallest absolute Gasteiger partial charge is 0.255 e. The van der Waals surface area contributed by atoms with E-state index in [0.29, 0.717) is 16.3 Å². The third-order valence-corrected chi connectivity index (χ3v) is 3.20. The SMILES string of the molecule is O=C(Nc1cnn(-c2ccccc2Cl)c1)c1ccncc1. The van der Waals surface area contributed by atoms with E-state index in [-0.39, 0.29) is 5.91 Å². The summed E-state index contributed by atoms with van der Waals surface area (Å²) in [5.74, 6) is -0.212. The molecule has 0 fully saturated rings. The molecule has 0 aliphatic carbocycles. The van der Waals surface area contributed by atoms with E-state index in [1.165, 1.54) is 0 Å². The number of hydrogen-bond acceptors (Lipinski definition) is 3. The Morgan fingerprint density at radius 1 is 1.14 bits per heavy atom. The third kappa shape index (κ3) is 2.93. The lowest BCUT2D eigenvalue weighted by atomic mass is 10.2. The molecule has 0 saturated carbocycles.